The van der Waals surface area contributed by atoms with Crippen LogP contribution in [0.15, 0.2) is 18.3 Å². The fraction of sp³-hybridized carbons (Fsp3) is 0.706. The Morgan fingerprint density at radius 1 is 0.955 bits per heavy atom. The van der Waals surface area contributed by atoms with Crippen molar-refractivity contribution in [3.05, 3.63) is 57.7 Å². The van der Waals surface area contributed by atoms with Gasteiger partial charge in [-0.1, -0.05) is 40.7 Å². The Bertz CT molecular complexity index is 1370. The summed E-state index contributed by atoms with van der Waals surface area (Å²) in [7, 11) is -2.19. The van der Waals surface area contributed by atoms with Gasteiger partial charge in [-0.2, -0.15) is 13.2 Å². The molecular formula is C34H47F3N2O4Si. The number of rotatable bonds is 4. The molecule has 0 saturated carbocycles. The van der Waals surface area contributed by atoms with Gasteiger partial charge in [0.05, 0.1) is 17.4 Å². The minimum atomic E-state index is -4.51. The van der Waals surface area contributed by atoms with E-state index in [4.69, 9.17) is 23.6 Å². The standard InChI is InChI=1S/C34H47F3N2O4Si/c1-31(2,3)44(6,7)43-24-19-32(4,5)18-23-26(24)28-27(29(39-23)21-10-14-40-15-11-21)30(42-33(28)12-16-41-17-13-33)22-8-9-25(38-20-22)34(35,36)37/h8-9,20-21,24,30H,10-19H2,1-7H3/t24?,30-/m1/s1. The molecule has 1 spiro atoms. The third-order valence-corrected chi connectivity index (χ3v) is 15.2. The van der Waals surface area contributed by atoms with Crippen molar-refractivity contribution in [1.29, 1.82) is 0 Å². The van der Waals surface area contributed by atoms with Crippen molar-refractivity contribution in [3.63, 3.8) is 0 Å². The molecule has 0 amide bonds. The molecule has 0 bridgehead atoms. The van der Waals surface area contributed by atoms with Crippen LogP contribution in [0.2, 0.25) is 18.1 Å². The molecule has 2 aromatic heterocycles. The van der Waals surface area contributed by atoms with Gasteiger partial charge in [-0.15, -0.1) is 0 Å². The predicted octanol–water partition coefficient (Wildman–Crippen LogP) is 8.55. The van der Waals surface area contributed by atoms with Gasteiger partial charge >= 0.3 is 6.18 Å². The van der Waals surface area contributed by atoms with Crippen molar-refractivity contribution in [2.24, 2.45) is 5.41 Å². The van der Waals surface area contributed by atoms with Crippen molar-refractivity contribution in [3.8, 4) is 0 Å². The number of fused-ring (bicyclic) bond motifs is 4. The molecule has 1 aliphatic carbocycles. The van der Waals surface area contributed by atoms with Gasteiger partial charge in [0.1, 0.15) is 11.8 Å². The van der Waals surface area contributed by atoms with Gasteiger partial charge in [0.2, 0.25) is 0 Å². The van der Waals surface area contributed by atoms with Crippen molar-refractivity contribution < 1.29 is 31.8 Å². The first kappa shape index (κ1) is 32.1. The van der Waals surface area contributed by atoms with E-state index in [0.717, 1.165) is 59.8 Å². The van der Waals surface area contributed by atoms with E-state index in [-0.39, 0.29) is 22.5 Å². The number of alkyl halides is 3. The second-order valence-corrected chi connectivity index (χ2v) is 20.3. The molecule has 5 heterocycles. The zero-order valence-corrected chi connectivity index (χ0v) is 28.2. The number of pyridine rings is 2. The number of hydrogen-bond donors (Lipinski definition) is 0. The van der Waals surface area contributed by atoms with Gasteiger partial charge in [-0.3, -0.25) is 9.97 Å². The largest absolute Gasteiger partial charge is 0.433 e. The van der Waals surface area contributed by atoms with E-state index in [2.05, 4.69) is 52.7 Å². The van der Waals surface area contributed by atoms with Crippen LogP contribution in [0.4, 0.5) is 13.2 Å². The minimum absolute atomic E-state index is 0.00668. The molecule has 2 aromatic rings. The number of halogens is 3. The summed E-state index contributed by atoms with van der Waals surface area (Å²) < 4.78 is 66.6. The molecule has 2 atom stereocenters. The van der Waals surface area contributed by atoms with Crippen LogP contribution in [-0.2, 0) is 36.8 Å². The van der Waals surface area contributed by atoms with Gasteiger partial charge in [-0.25, -0.2) is 0 Å². The minimum Gasteiger partial charge on any atom is -0.410 e. The first-order valence-electron chi connectivity index (χ1n) is 16.1. The topological polar surface area (TPSA) is 62.7 Å². The van der Waals surface area contributed by atoms with Crippen molar-refractivity contribution in [2.45, 2.75) is 121 Å². The Balaban J connectivity index is 1.60. The van der Waals surface area contributed by atoms with Crippen LogP contribution in [0, 0.1) is 5.41 Å². The molecule has 6 nitrogen and oxygen atoms in total. The smallest absolute Gasteiger partial charge is 0.410 e. The highest BCUT2D eigenvalue weighted by atomic mass is 28.4. The van der Waals surface area contributed by atoms with Crippen LogP contribution in [0.3, 0.4) is 0 Å². The Morgan fingerprint density at radius 2 is 1.61 bits per heavy atom. The summed E-state index contributed by atoms with van der Waals surface area (Å²) in [6.07, 6.45) is 0.857. The maximum absolute atomic E-state index is 13.5. The van der Waals surface area contributed by atoms with E-state index < -0.39 is 31.9 Å². The lowest BCUT2D eigenvalue weighted by molar-refractivity contribution is -0.141. The van der Waals surface area contributed by atoms with Gasteiger partial charge in [0.15, 0.2) is 8.32 Å². The first-order valence-corrected chi connectivity index (χ1v) is 19.0. The quantitative estimate of drug-likeness (QED) is 0.315. The molecule has 6 rings (SSSR count). The van der Waals surface area contributed by atoms with Crippen LogP contribution < -0.4 is 0 Å². The highest BCUT2D eigenvalue weighted by Crippen LogP contribution is 2.59. The normalized spacial score (nSPS) is 25.6. The highest BCUT2D eigenvalue weighted by molar-refractivity contribution is 6.74. The van der Waals surface area contributed by atoms with Crippen molar-refractivity contribution in [1.82, 2.24) is 9.97 Å². The average molecular weight is 633 g/mol. The SMILES string of the molecule is CC1(C)Cc2nc(C3CCOCC3)c3c(c2C(O[Si](C)(C)C(C)(C)C)C1)C1(CCOCC1)O[C@@H]3c1ccc(C(F)(F)F)nc1. The maximum Gasteiger partial charge on any atom is 0.433 e. The van der Waals surface area contributed by atoms with Crippen LogP contribution in [0.25, 0.3) is 0 Å². The summed E-state index contributed by atoms with van der Waals surface area (Å²) >= 11 is 0. The molecule has 242 valence electrons. The summed E-state index contributed by atoms with van der Waals surface area (Å²) in [5, 5.41) is 0.0225. The Labute approximate surface area is 260 Å². The molecule has 2 saturated heterocycles. The van der Waals surface area contributed by atoms with Crippen LogP contribution in [-0.4, -0.2) is 44.7 Å². The summed E-state index contributed by atoms with van der Waals surface area (Å²) in [6, 6.07) is 2.60. The van der Waals surface area contributed by atoms with E-state index in [0.29, 0.717) is 44.8 Å². The summed E-state index contributed by atoms with van der Waals surface area (Å²) in [5.74, 6) is 0.177. The highest BCUT2D eigenvalue weighted by Gasteiger charge is 2.54. The molecule has 1 unspecified atom stereocenters. The van der Waals surface area contributed by atoms with Crippen LogP contribution in [0.1, 0.15) is 124 Å². The fourth-order valence-corrected chi connectivity index (χ4v) is 8.61. The van der Waals surface area contributed by atoms with E-state index in [1.807, 2.05) is 0 Å². The fourth-order valence-electron chi connectivity index (χ4n) is 7.34. The molecule has 0 aromatic carbocycles. The third kappa shape index (κ3) is 5.78. The number of aromatic nitrogens is 2. The van der Waals surface area contributed by atoms with E-state index in [1.54, 1.807) is 0 Å². The summed E-state index contributed by atoms with van der Waals surface area (Å²) in [6.45, 7) is 18.4. The third-order valence-electron chi connectivity index (χ3n) is 10.7. The Hall–Kier alpha value is -1.85. The van der Waals surface area contributed by atoms with Crippen molar-refractivity contribution in [2.75, 3.05) is 26.4 Å². The summed E-state index contributed by atoms with van der Waals surface area (Å²) in [4.78, 5) is 9.38. The molecule has 0 radical (unpaired) electrons. The molecule has 4 aliphatic rings. The Kier molecular flexibility index (Phi) is 8.13. The summed E-state index contributed by atoms with van der Waals surface area (Å²) in [5.41, 5.74) is 4.51. The van der Waals surface area contributed by atoms with Crippen LogP contribution >= 0.6 is 0 Å². The van der Waals surface area contributed by atoms with Gasteiger partial charge in [-0.05, 0) is 60.9 Å². The molecular weight excluding hydrogens is 585 g/mol. The molecule has 0 N–H and O–H groups in total. The van der Waals surface area contributed by atoms with E-state index in [9.17, 15) is 13.2 Å². The first-order chi connectivity index (χ1) is 20.5. The van der Waals surface area contributed by atoms with Gasteiger partial charge in [0.25, 0.3) is 0 Å². The number of hydrogen-bond acceptors (Lipinski definition) is 6. The monoisotopic (exact) mass is 632 g/mol. The molecule has 10 heteroatoms. The molecule has 3 aliphatic heterocycles. The van der Waals surface area contributed by atoms with E-state index in [1.165, 1.54) is 12.3 Å². The number of ether oxygens (including phenoxy) is 3. The maximum atomic E-state index is 13.5. The van der Waals surface area contributed by atoms with E-state index >= 15 is 0 Å². The second-order valence-electron chi connectivity index (χ2n) is 15.5. The zero-order chi connectivity index (χ0) is 31.7. The second kappa shape index (κ2) is 11.1. The lowest BCUT2D eigenvalue weighted by Crippen LogP contribution is -2.45. The lowest BCUT2D eigenvalue weighted by Gasteiger charge is -2.46. The Morgan fingerprint density at radius 3 is 2.20 bits per heavy atom. The molecule has 2 fully saturated rings. The van der Waals surface area contributed by atoms with Gasteiger partial charge < -0.3 is 18.6 Å². The number of nitrogens with zero attached hydrogens (tertiary/aromatic N) is 2. The average Bonchev–Trinajstić information content (AvgIpc) is 3.25. The lowest BCUT2D eigenvalue weighted by atomic mass is 9.69. The van der Waals surface area contributed by atoms with Crippen molar-refractivity contribution >= 4 is 8.32 Å². The predicted molar refractivity (Wildman–Crippen MR) is 164 cm³/mol. The molecule has 44 heavy (non-hydrogen) atoms. The van der Waals surface area contributed by atoms with Crippen LogP contribution in [0.5, 0.6) is 0 Å². The zero-order valence-electron chi connectivity index (χ0n) is 27.2. The van der Waals surface area contributed by atoms with Gasteiger partial charge in [0, 0.05) is 73.8 Å².